The number of carbonyl (C=O) groups excluding carboxylic acids is 2. The fraction of sp³-hybridized carbons (Fsp3) is 0.417. The minimum Gasteiger partial charge on any atom is -0.368 e. The zero-order valence-corrected chi connectivity index (χ0v) is 19.6. The number of nitrogens with zero attached hydrogens (tertiary/aromatic N) is 1. The van der Waals surface area contributed by atoms with Gasteiger partial charge in [-0.25, -0.2) is 0 Å². The Labute approximate surface area is 204 Å². The largest absolute Gasteiger partial charge is 0.430 e. The minimum absolute atomic E-state index is 0.0257. The Hall–Kier alpha value is -2.29. The van der Waals surface area contributed by atoms with Crippen LogP contribution in [0.1, 0.15) is 36.3 Å². The molecule has 182 valence electrons. The third kappa shape index (κ3) is 4.39. The average molecular weight is 515 g/mol. The molecule has 0 unspecified atom stereocenters. The maximum atomic E-state index is 14.1. The molecule has 2 atom stereocenters. The topological polar surface area (TPSA) is 69.6 Å². The molecule has 10 heteroatoms. The van der Waals surface area contributed by atoms with Crippen molar-refractivity contribution in [2.75, 3.05) is 19.6 Å². The second-order valence-electron chi connectivity index (χ2n) is 8.96. The lowest BCUT2D eigenvalue weighted by molar-refractivity contribution is -0.262. The molecule has 2 aliphatic heterocycles. The van der Waals surface area contributed by atoms with Crippen molar-refractivity contribution in [1.29, 1.82) is 0 Å². The first-order valence-corrected chi connectivity index (χ1v) is 11.6. The lowest BCUT2D eigenvalue weighted by Crippen LogP contribution is -2.59. The fourth-order valence-corrected chi connectivity index (χ4v) is 5.70. The second kappa shape index (κ2) is 9.06. The van der Waals surface area contributed by atoms with Gasteiger partial charge < -0.3 is 15.3 Å². The smallest absolute Gasteiger partial charge is 0.368 e. The van der Waals surface area contributed by atoms with Crippen LogP contribution in [0.3, 0.4) is 0 Å². The summed E-state index contributed by atoms with van der Waals surface area (Å²) in [6.07, 6.45) is -4.42. The highest BCUT2D eigenvalue weighted by Crippen LogP contribution is 2.50. The summed E-state index contributed by atoms with van der Waals surface area (Å²) in [6.45, 7) is 0.370. The predicted molar refractivity (Wildman–Crippen MR) is 121 cm³/mol. The van der Waals surface area contributed by atoms with Gasteiger partial charge >= 0.3 is 6.18 Å². The van der Waals surface area contributed by atoms with Crippen LogP contribution in [0.2, 0.25) is 10.0 Å². The first kappa shape index (κ1) is 24.8. The van der Waals surface area contributed by atoms with Crippen LogP contribution in [-0.4, -0.2) is 47.6 Å². The molecule has 2 aliphatic rings. The van der Waals surface area contributed by atoms with Gasteiger partial charge in [-0.2, -0.15) is 13.2 Å². The highest BCUT2D eigenvalue weighted by atomic mass is 35.5. The number of alkyl halides is 3. The molecule has 2 saturated heterocycles. The fourth-order valence-electron chi connectivity index (χ4n) is 5.17. The number of aliphatic hydroxyl groups is 1. The van der Waals surface area contributed by atoms with E-state index in [1.54, 1.807) is 0 Å². The van der Waals surface area contributed by atoms with Gasteiger partial charge in [-0.1, -0.05) is 53.5 Å². The van der Waals surface area contributed by atoms with Gasteiger partial charge in [0.25, 0.3) is 11.5 Å². The van der Waals surface area contributed by atoms with Gasteiger partial charge in [0.2, 0.25) is 5.91 Å². The van der Waals surface area contributed by atoms with Crippen molar-refractivity contribution in [3.63, 3.8) is 0 Å². The molecule has 2 heterocycles. The summed E-state index contributed by atoms with van der Waals surface area (Å²) in [5, 5.41) is 13.4. The Kier molecular flexibility index (Phi) is 6.61. The number of rotatable bonds is 3. The molecule has 5 nitrogen and oxygen atoms in total. The van der Waals surface area contributed by atoms with Crippen LogP contribution in [0.4, 0.5) is 13.2 Å². The van der Waals surface area contributed by atoms with Crippen LogP contribution in [0, 0.1) is 5.41 Å². The van der Waals surface area contributed by atoms with Crippen LogP contribution in [0.15, 0.2) is 48.5 Å². The van der Waals surface area contributed by atoms with Crippen molar-refractivity contribution in [2.45, 2.75) is 37.0 Å². The SMILES string of the molecule is O=C1CC2(CCN(C(=O)[C@](O)(c3cc(Cl)cc(Cl)c3)C(F)(F)F)CC2)[C@H](c2ccccc2)CN1. The van der Waals surface area contributed by atoms with Crippen LogP contribution in [0.5, 0.6) is 0 Å². The maximum absolute atomic E-state index is 14.1. The Morgan fingerprint density at radius 2 is 1.65 bits per heavy atom. The first-order chi connectivity index (χ1) is 16.0. The highest BCUT2D eigenvalue weighted by molar-refractivity contribution is 6.34. The Bertz CT molecular complexity index is 1070. The molecule has 2 aromatic rings. The van der Waals surface area contributed by atoms with E-state index in [9.17, 15) is 27.9 Å². The first-order valence-electron chi connectivity index (χ1n) is 10.8. The molecule has 0 aromatic heterocycles. The summed E-state index contributed by atoms with van der Waals surface area (Å²) in [6, 6.07) is 12.6. The third-order valence-corrected chi connectivity index (χ3v) is 7.44. The summed E-state index contributed by atoms with van der Waals surface area (Å²) in [7, 11) is 0. The van der Waals surface area contributed by atoms with Gasteiger partial charge in [-0.05, 0) is 42.0 Å². The molecule has 0 bridgehead atoms. The van der Waals surface area contributed by atoms with E-state index in [-0.39, 0.29) is 41.4 Å². The van der Waals surface area contributed by atoms with E-state index in [1.165, 1.54) is 6.07 Å². The van der Waals surface area contributed by atoms with Crippen molar-refractivity contribution in [2.24, 2.45) is 5.41 Å². The quantitative estimate of drug-likeness (QED) is 0.625. The van der Waals surface area contributed by atoms with E-state index < -0.39 is 28.7 Å². The molecule has 2 N–H and O–H groups in total. The monoisotopic (exact) mass is 514 g/mol. The molecule has 0 radical (unpaired) electrons. The second-order valence-corrected chi connectivity index (χ2v) is 9.84. The van der Waals surface area contributed by atoms with E-state index >= 15 is 0 Å². The van der Waals surface area contributed by atoms with Gasteiger partial charge in [0.05, 0.1) is 0 Å². The molecular weight excluding hydrogens is 492 g/mol. The van der Waals surface area contributed by atoms with Crippen LogP contribution in [-0.2, 0) is 15.2 Å². The molecule has 2 aromatic carbocycles. The molecule has 2 amide bonds. The zero-order valence-electron chi connectivity index (χ0n) is 18.0. The van der Waals surface area contributed by atoms with Gasteiger partial charge in [0, 0.05) is 47.6 Å². The minimum atomic E-state index is -5.30. The van der Waals surface area contributed by atoms with Crippen LogP contribution >= 0.6 is 23.2 Å². The van der Waals surface area contributed by atoms with E-state index in [2.05, 4.69) is 5.32 Å². The molecule has 34 heavy (non-hydrogen) atoms. The number of likely N-dealkylation sites (tertiary alicyclic amines) is 1. The van der Waals surface area contributed by atoms with Gasteiger partial charge in [-0.3, -0.25) is 9.59 Å². The van der Waals surface area contributed by atoms with Crippen molar-refractivity contribution in [3.8, 4) is 0 Å². The number of nitrogens with one attached hydrogen (secondary N) is 1. The number of hydrogen-bond acceptors (Lipinski definition) is 3. The molecule has 0 saturated carbocycles. The molecule has 1 spiro atoms. The molecule has 2 fully saturated rings. The number of benzene rings is 2. The molecule has 0 aliphatic carbocycles. The number of carbonyl (C=O) groups is 2. The summed E-state index contributed by atoms with van der Waals surface area (Å²) in [5.41, 5.74) is -3.99. The third-order valence-electron chi connectivity index (χ3n) is 7.00. The Morgan fingerprint density at radius 3 is 2.21 bits per heavy atom. The number of halogens is 5. The predicted octanol–water partition coefficient (Wildman–Crippen LogP) is 4.66. The van der Waals surface area contributed by atoms with Crippen molar-refractivity contribution in [3.05, 3.63) is 69.7 Å². The Morgan fingerprint density at radius 1 is 1.06 bits per heavy atom. The number of piperidine rings is 2. The molecular formula is C24H23Cl2F3N2O3. The van der Waals surface area contributed by atoms with Gasteiger partial charge in [0.15, 0.2) is 0 Å². The van der Waals surface area contributed by atoms with Crippen molar-refractivity contribution in [1.82, 2.24) is 10.2 Å². The summed E-state index contributed by atoms with van der Waals surface area (Å²) < 4.78 is 42.3. The molecule has 4 rings (SSSR count). The highest BCUT2D eigenvalue weighted by Gasteiger charge is 2.63. The van der Waals surface area contributed by atoms with E-state index in [1.807, 2.05) is 30.3 Å². The average Bonchev–Trinajstić information content (AvgIpc) is 2.78. The van der Waals surface area contributed by atoms with Crippen molar-refractivity contribution < 1.29 is 27.9 Å². The van der Waals surface area contributed by atoms with E-state index in [0.717, 1.165) is 22.6 Å². The summed E-state index contributed by atoms with van der Waals surface area (Å²) in [4.78, 5) is 26.4. The lowest BCUT2D eigenvalue weighted by atomic mass is 9.62. The summed E-state index contributed by atoms with van der Waals surface area (Å²) in [5.74, 6) is -1.63. The lowest BCUT2D eigenvalue weighted by Gasteiger charge is -2.50. The van der Waals surface area contributed by atoms with Crippen LogP contribution in [0.25, 0.3) is 0 Å². The zero-order chi connectivity index (χ0) is 24.7. The maximum Gasteiger partial charge on any atom is 0.430 e. The standard InChI is InChI=1S/C24H23Cl2F3N2O3/c25-17-10-16(11-18(26)12-17)23(34,24(27,28)29)21(33)31-8-6-22(7-9-31)13-20(32)30-14-19(22)15-4-2-1-3-5-15/h1-5,10-12,19,34H,6-9,13-14H2,(H,30,32)/t19-,23+/m0/s1. The van der Waals surface area contributed by atoms with E-state index in [0.29, 0.717) is 19.4 Å². The van der Waals surface area contributed by atoms with Crippen molar-refractivity contribution >= 4 is 35.0 Å². The van der Waals surface area contributed by atoms with Crippen LogP contribution < -0.4 is 5.32 Å². The number of hydrogen-bond donors (Lipinski definition) is 2. The van der Waals surface area contributed by atoms with E-state index in [4.69, 9.17) is 23.2 Å². The Balaban J connectivity index is 1.62. The normalized spacial score (nSPS) is 22.2. The van der Waals surface area contributed by atoms with Gasteiger partial charge in [0.1, 0.15) is 0 Å². The summed E-state index contributed by atoms with van der Waals surface area (Å²) >= 11 is 11.7. The number of amides is 2. The van der Waals surface area contributed by atoms with Gasteiger partial charge in [-0.15, -0.1) is 0 Å².